The van der Waals surface area contributed by atoms with Crippen LogP contribution >= 0.6 is 35.0 Å². The van der Waals surface area contributed by atoms with Crippen LogP contribution in [0.2, 0.25) is 10.0 Å². The normalized spacial score (nSPS) is 19.9. The Morgan fingerprint density at radius 3 is 2.07 bits per heavy atom. The van der Waals surface area contributed by atoms with E-state index in [1.54, 1.807) is 0 Å². The molecule has 2 aromatic rings. The third-order valence-electron chi connectivity index (χ3n) is 4.03. The summed E-state index contributed by atoms with van der Waals surface area (Å²) in [4.78, 5) is 0.107. The second-order valence-corrected chi connectivity index (χ2v) is 9.77. The largest absolute Gasteiger partial charge is 0.534 e. The number of thioether (sulfide) groups is 1. The maximum absolute atomic E-state index is 14.1. The summed E-state index contributed by atoms with van der Waals surface area (Å²) >= 11 is 12.1. The zero-order chi connectivity index (χ0) is 21.8. The first kappa shape index (κ1) is 22.4. The molecule has 3 rings (SSSR count). The van der Waals surface area contributed by atoms with E-state index in [-0.39, 0.29) is 26.1 Å². The average Bonchev–Trinajstić information content (AvgIpc) is 2.92. The third kappa shape index (κ3) is 4.14. The molecule has 0 N–H and O–H groups in total. The first-order chi connectivity index (χ1) is 13.1. The molecule has 0 spiro atoms. The quantitative estimate of drug-likeness (QED) is 0.283. The Hall–Kier alpha value is -1.30. The molecule has 1 atom stereocenters. The minimum atomic E-state index is -5.95. The molecule has 0 fully saturated rings. The van der Waals surface area contributed by atoms with Gasteiger partial charge in [-0.3, -0.25) is 0 Å². The summed E-state index contributed by atoms with van der Waals surface area (Å²) in [6.07, 6.45) is -5.47. The summed E-state index contributed by atoms with van der Waals surface area (Å²) in [5.74, 6) is -0.747. The van der Waals surface area contributed by atoms with E-state index in [0.717, 1.165) is 30.3 Å². The van der Waals surface area contributed by atoms with Crippen LogP contribution in [0, 0.1) is 0 Å². The highest BCUT2D eigenvalue weighted by Crippen LogP contribution is 2.60. The van der Waals surface area contributed by atoms with Crippen molar-refractivity contribution < 1.29 is 38.9 Å². The minimum Gasteiger partial charge on any atom is -0.376 e. The van der Waals surface area contributed by atoms with Crippen molar-refractivity contribution in [2.75, 3.05) is 0 Å². The van der Waals surface area contributed by atoms with Gasteiger partial charge in [-0.2, -0.15) is 34.8 Å². The van der Waals surface area contributed by atoms with Crippen LogP contribution in [-0.4, -0.2) is 20.1 Å². The highest BCUT2D eigenvalue weighted by atomic mass is 35.5. The van der Waals surface area contributed by atoms with E-state index in [0.29, 0.717) is 11.8 Å². The number of halogens is 8. The van der Waals surface area contributed by atoms with Crippen LogP contribution in [0.1, 0.15) is 11.1 Å². The van der Waals surface area contributed by atoms with Gasteiger partial charge in [-0.15, -0.1) is 11.8 Å². The van der Waals surface area contributed by atoms with Gasteiger partial charge in [0.05, 0.1) is 0 Å². The van der Waals surface area contributed by atoms with E-state index in [4.69, 9.17) is 23.2 Å². The van der Waals surface area contributed by atoms with Gasteiger partial charge in [0.15, 0.2) is 0 Å². The molecule has 0 aliphatic carbocycles. The lowest BCUT2D eigenvalue weighted by atomic mass is 9.90. The van der Waals surface area contributed by atoms with Crippen molar-refractivity contribution in [3.8, 4) is 5.75 Å². The van der Waals surface area contributed by atoms with Gasteiger partial charge in [0.1, 0.15) is 10.5 Å². The first-order valence-electron chi connectivity index (χ1n) is 7.51. The number of hydrogen-bond acceptors (Lipinski definition) is 4. The van der Waals surface area contributed by atoms with Gasteiger partial charge in [0, 0.05) is 21.4 Å². The zero-order valence-corrected chi connectivity index (χ0v) is 16.9. The average molecular weight is 497 g/mol. The maximum atomic E-state index is 14.1. The monoisotopic (exact) mass is 496 g/mol. The van der Waals surface area contributed by atoms with Crippen molar-refractivity contribution in [1.82, 2.24) is 0 Å². The molecule has 0 saturated heterocycles. The Bertz CT molecular complexity index is 1050. The summed E-state index contributed by atoms with van der Waals surface area (Å²) in [6.45, 7) is 0. The fourth-order valence-electron chi connectivity index (χ4n) is 2.78. The molecule has 0 amide bonds. The molecule has 1 aliphatic heterocycles. The van der Waals surface area contributed by atoms with Gasteiger partial charge in [-0.05, 0) is 47.5 Å². The lowest BCUT2D eigenvalue weighted by molar-refractivity contribution is -0.161. The van der Waals surface area contributed by atoms with Crippen LogP contribution in [0.5, 0.6) is 5.75 Å². The topological polar surface area (TPSA) is 43.4 Å². The Balaban J connectivity index is 2.04. The second kappa shape index (κ2) is 7.14. The van der Waals surface area contributed by atoms with Gasteiger partial charge in [-0.1, -0.05) is 23.2 Å². The molecule has 29 heavy (non-hydrogen) atoms. The Morgan fingerprint density at radius 2 is 1.55 bits per heavy atom. The highest BCUT2D eigenvalue weighted by molar-refractivity contribution is 8.00. The van der Waals surface area contributed by atoms with Crippen molar-refractivity contribution in [2.45, 2.75) is 27.7 Å². The van der Waals surface area contributed by atoms with E-state index in [1.807, 2.05) is 0 Å². The Labute approximate surface area is 175 Å². The van der Waals surface area contributed by atoms with Crippen LogP contribution in [0.4, 0.5) is 26.3 Å². The van der Waals surface area contributed by atoms with Crippen LogP contribution in [0.15, 0.2) is 41.3 Å². The smallest absolute Gasteiger partial charge is 0.376 e. The molecular weight excluding hydrogens is 489 g/mol. The molecule has 1 unspecified atom stereocenters. The maximum Gasteiger partial charge on any atom is 0.534 e. The van der Waals surface area contributed by atoms with Crippen molar-refractivity contribution >= 4 is 45.1 Å². The molecule has 2 aromatic carbocycles. The molecule has 0 bridgehead atoms. The Morgan fingerprint density at radius 1 is 0.966 bits per heavy atom. The summed E-state index contributed by atoms with van der Waals surface area (Å²) in [6, 6.07) is 6.23. The third-order valence-corrected chi connectivity index (χ3v) is 7.03. The van der Waals surface area contributed by atoms with Gasteiger partial charge in [0.2, 0.25) is 0 Å². The molecule has 0 saturated carbocycles. The minimum absolute atomic E-state index is 0.0204. The molecule has 1 heterocycles. The van der Waals surface area contributed by atoms with E-state index in [9.17, 15) is 34.8 Å². The van der Waals surface area contributed by atoms with Gasteiger partial charge < -0.3 is 4.18 Å². The molecule has 0 aromatic heterocycles. The number of benzene rings is 2. The second-order valence-electron chi connectivity index (χ2n) is 6.01. The van der Waals surface area contributed by atoms with Crippen LogP contribution in [0.25, 0.3) is 0 Å². The summed E-state index contributed by atoms with van der Waals surface area (Å²) in [5.41, 5.74) is -5.94. The number of hydrogen-bond donors (Lipinski definition) is 0. The molecular formula is C16H8Cl2F6O3S2. The van der Waals surface area contributed by atoms with Gasteiger partial charge in [0.25, 0.3) is 0 Å². The lowest BCUT2D eigenvalue weighted by Gasteiger charge is -2.31. The van der Waals surface area contributed by atoms with Crippen molar-refractivity contribution in [2.24, 2.45) is 0 Å². The van der Waals surface area contributed by atoms with E-state index in [2.05, 4.69) is 4.18 Å². The molecule has 1 aliphatic rings. The lowest BCUT2D eigenvalue weighted by Crippen LogP contribution is -2.39. The van der Waals surface area contributed by atoms with Crippen LogP contribution in [0.3, 0.4) is 0 Å². The van der Waals surface area contributed by atoms with Gasteiger partial charge >= 0.3 is 21.8 Å². The van der Waals surface area contributed by atoms with Crippen molar-refractivity contribution in [3.63, 3.8) is 0 Å². The number of fused-ring (bicyclic) bond motifs is 1. The van der Waals surface area contributed by atoms with E-state index < -0.39 is 38.7 Å². The highest BCUT2D eigenvalue weighted by Gasteiger charge is 2.60. The van der Waals surface area contributed by atoms with E-state index in [1.165, 1.54) is 6.07 Å². The van der Waals surface area contributed by atoms with Gasteiger partial charge in [-0.25, -0.2) is 0 Å². The zero-order valence-electron chi connectivity index (χ0n) is 13.7. The summed E-state index contributed by atoms with van der Waals surface area (Å²) in [5, 5.41) is -0.0408. The molecule has 13 heteroatoms. The molecule has 0 radical (unpaired) electrons. The molecule has 158 valence electrons. The standard InChI is InChI=1S/C16H8Cl2F6O3S2/c17-10-4-9(5-11(18)6-10)14(15(19,20)21)7-8-3-12(1-2-13(8)28-14)27-29(25,26)16(22,23)24/h1-6H,7H2. The Kier molecular flexibility index (Phi) is 5.51. The summed E-state index contributed by atoms with van der Waals surface area (Å²) in [7, 11) is -5.95. The van der Waals surface area contributed by atoms with Crippen LogP contribution in [-0.2, 0) is 21.3 Å². The fraction of sp³-hybridized carbons (Fsp3) is 0.250. The first-order valence-corrected chi connectivity index (χ1v) is 10.5. The van der Waals surface area contributed by atoms with Crippen LogP contribution < -0.4 is 4.18 Å². The van der Waals surface area contributed by atoms with E-state index >= 15 is 0 Å². The summed E-state index contributed by atoms with van der Waals surface area (Å²) < 4.78 is 103. The predicted molar refractivity (Wildman–Crippen MR) is 95.8 cm³/mol. The SMILES string of the molecule is O=S(=O)(Oc1ccc2c(c1)CC(c1cc(Cl)cc(Cl)c1)(C(F)(F)F)S2)C(F)(F)F. The number of rotatable bonds is 3. The van der Waals surface area contributed by atoms with Crippen molar-refractivity contribution in [3.05, 3.63) is 57.6 Å². The molecule has 3 nitrogen and oxygen atoms in total. The fourth-order valence-corrected chi connectivity index (χ4v) is 5.11. The van der Waals surface area contributed by atoms with Crippen molar-refractivity contribution in [1.29, 1.82) is 0 Å². The number of alkyl halides is 6. The predicted octanol–water partition coefficient (Wildman–Crippen LogP) is 6.33.